The van der Waals surface area contributed by atoms with Crippen LogP contribution >= 0.6 is 34.5 Å². The first kappa shape index (κ1) is 16.8. The summed E-state index contributed by atoms with van der Waals surface area (Å²) in [4.78, 5) is 13.2. The number of hydrogen-bond donors (Lipinski definition) is 1. The Morgan fingerprint density at radius 1 is 1.40 bits per heavy atom. The number of anilines is 1. The smallest absolute Gasteiger partial charge is 0.268 e. The van der Waals surface area contributed by atoms with Gasteiger partial charge in [0, 0.05) is 40.2 Å². The highest BCUT2D eigenvalue weighted by molar-refractivity contribution is 7.21. The summed E-state index contributed by atoms with van der Waals surface area (Å²) in [5.74, 6) is 0.834. The third kappa shape index (κ3) is 3.40. The highest BCUT2D eigenvalue weighted by Crippen LogP contribution is 2.37. The number of aromatic nitrogens is 2. The lowest BCUT2D eigenvalue weighted by atomic mass is 10.1. The van der Waals surface area contributed by atoms with Crippen molar-refractivity contribution >= 4 is 56.3 Å². The van der Waals surface area contributed by atoms with E-state index in [-0.39, 0.29) is 5.91 Å². The van der Waals surface area contributed by atoms with E-state index >= 15 is 0 Å². The van der Waals surface area contributed by atoms with Gasteiger partial charge in [0.2, 0.25) is 0 Å². The molecule has 5 nitrogen and oxygen atoms in total. The van der Waals surface area contributed by atoms with Crippen molar-refractivity contribution in [3.8, 4) is 0 Å². The summed E-state index contributed by atoms with van der Waals surface area (Å²) in [6.07, 6.45) is 2.69. The minimum Gasteiger partial charge on any atom is -0.381 e. The first-order valence-electron chi connectivity index (χ1n) is 7.90. The molecule has 0 bridgehead atoms. The number of hydrogen-bond acceptors (Lipinski definition) is 4. The average molecular weight is 396 g/mol. The van der Waals surface area contributed by atoms with Crippen LogP contribution in [0.5, 0.6) is 0 Å². The fourth-order valence-electron chi connectivity index (χ4n) is 2.91. The maximum absolute atomic E-state index is 12.7. The van der Waals surface area contributed by atoms with Crippen LogP contribution in [0.1, 0.15) is 16.1 Å². The lowest BCUT2D eigenvalue weighted by Crippen LogP contribution is -2.18. The molecule has 4 rings (SSSR count). The summed E-state index contributed by atoms with van der Waals surface area (Å²) in [5, 5.41) is 9.11. The van der Waals surface area contributed by atoms with Crippen LogP contribution in [-0.2, 0) is 11.3 Å². The van der Waals surface area contributed by atoms with Gasteiger partial charge in [0.25, 0.3) is 5.91 Å². The van der Waals surface area contributed by atoms with Gasteiger partial charge in [-0.25, -0.2) is 4.68 Å². The van der Waals surface area contributed by atoms with Gasteiger partial charge in [0.15, 0.2) is 0 Å². The number of carbonyl (C=O) groups is 1. The first-order valence-corrected chi connectivity index (χ1v) is 9.47. The summed E-state index contributed by atoms with van der Waals surface area (Å²) in [6.45, 7) is 2.24. The summed E-state index contributed by atoms with van der Waals surface area (Å²) in [6, 6.07) is 7.20. The molecule has 1 aliphatic heterocycles. The van der Waals surface area contributed by atoms with Crippen LogP contribution in [0, 0.1) is 5.92 Å². The predicted molar refractivity (Wildman–Crippen MR) is 101 cm³/mol. The molecule has 0 saturated carbocycles. The summed E-state index contributed by atoms with van der Waals surface area (Å²) >= 11 is 13.7. The van der Waals surface area contributed by atoms with Gasteiger partial charge in [-0.3, -0.25) is 4.79 Å². The molecule has 1 amide bonds. The maximum Gasteiger partial charge on any atom is 0.268 e. The van der Waals surface area contributed by atoms with Gasteiger partial charge in [0.05, 0.1) is 17.8 Å². The number of benzene rings is 1. The van der Waals surface area contributed by atoms with Gasteiger partial charge in [-0.1, -0.05) is 29.3 Å². The zero-order chi connectivity index (χ0) is 17.4. The van der Waals surface area contributed by atoms with Gasteiger partial charge in [-0.2, -0.15) is 5.10 Å². The molecule has 130 valence electrons. The predicted octanol–water partition coefficient (Wildman–Crippen LogP) is 4.69. The second-order valence-electron chi connectivity index (χ2n) is 5.97. The van der Waals surface area contributed by atoms with Crippen LogP contribution in [0.2, 0.25) is 10.0 Å². The molecule has 0 spiro atoms. The number of ether oxygens (including phenoxy) is 1. The number of rotatable bonds is 4. The normalized spacial score (nSPS) is 17.3. The Morgan fingerprint density at radius 2 is 2.28 bits per heavy atom. The molecule has 1 N–H and O–H groups in total. The Labute approximate surface area is 158 Å². The third-order valence-electron chi connectivity index (χ3n) is 4.21. The van der Waals surface area contributed by atoms with Gasteiger partial charge in [0.1, 0.15) is 10.7 Å². The number of carbonyl (C=O) groups excluding carboxylic acids is 1. The van der Waals surface area contributed by atoms with Gasteiger partial charge in [-0.15, -0.1) is 11.3 Å². The van der Waals surface area contributed by atoms with Crippen molar-refractivity contribution in [2.24, 2.45) is 5.92 Å². The molecule has 8 heteroatoms. The number of amides is 1. The highest BCUT2D eigenvalue weighted by Gasteiger charge is 2.21. The molecule has 1 aliphatic rings. The van der Waals surface area contributed by atoms with Crippen LogP contribution < -0.4 is 5.32 Å². The molecule has 1 fully saturated rings. The molecule has 1 saturated heterocycles. The second-order valence-corrected chi connectivity index (χ2v) is 7.83. The number of fused-ring (bicyclic) bond motifs is 1. The molecular weight excluding hydrogens is 381 g/mol. The van der Waals surface area contributed by atoms with Crippen LogP contribution in [-0.4, -0.2) is 28.9 Å². The van der Waals surface area contributed by atoms with Crippen molar-refractivity contribution < 1.29 is 9.53 Å². The lowest BCUT2D eigenvalue weighted by molar-refractivity contribution is 0.102. The van der Waals surface area contributed by atoms with Crippen molar-refractivity contribution in [2.75, 3.05) is 18.5 Å². The van der Waals surface area contributed by atoms with Crippen LogP contribution in [0.25, 0.3) is 10.1 Å². The van der Waals surface area contributed by atoms with E-state index < -0.39 is 0 Å². The van der Waals surface area contributed by atoms with Crippen LogP contribution in [0.3, 0.4) is 0 Å². The number of thiophene rings is 1. The summed E-state index contributed by atoms with van der Waals surface area (Å²) in [5.41, 5.74) is 0. The van der Waals surface area contributed by atoms with Crippen molar-refractivity contribution in [3.63, 3.8) is 0 Å². The molecule has 1 aromatic carbocycles. The largest absolute Gasteiger partial charge is 0.381 e. The molecule has 0 aliphatic carbocycles. The summed E-state index contributed by atoms with van der Waals surface area (Å²) in [7, 11) is 0. The number of halogens is 2. The van der Waals surface area contributed by atoms with Crippen molar-refractivity contribution in [2.45, 2.75) is 13.0 Å². The summed E-state index contributed by atoms with van der Waals surface area (Å²) < 4.78 is 8.09. The van der Waals surface area contributed by atoms with E-state index in [4.69, 9.17) is 27.9 Å². The quantitative estimate of drug-likeness (QED) is 0.696. The highest BCUT2D eigenvalue weighted by atomic mass is 35.5. The van der Waals surface area contributed by atoms with E-state index in [2.05, 4.69) is 10.4 Å². The zero-order valence-electron chi connectivity index (χ0n) is 13.2. The van der Waals surface area contributed by atoms with E-state index in [0.29, 0.717) is 26.7 Å². The molecule has 2 aromatic heterocycles. The molecule has 1 unspecified atom stereocenters. The van der Waals surface area contributed by atoms with Gasteiger partial charge < -0.3 is 10.1 Å². The maximum atomic E-state index is 12.7. The minimum absolute atomic E-state index is 0.244. The fourth-order valence-corrected chi connectivity index (χ4v) is 4.60. The van der Waals surface area contributed by atoms with Crippen molar-refractivity contribution in [3.05, 3.63) is 45.4 Å². The Balaban J connectivity index is 1.56. The molecule has 1 atom stereocenters. The van der Waals surface area contributed by atoms with Crippen LogP contribution in [0.15, 0.2) is 30.5 Å². The Morgan fingerprint density at radius 3 is 3.08 bits per heavy atom. The van der Waals surface area contributed by atoms with Gasteiger partial charge >= 0.3 is 0 Å². The zero-order valence-corrected chi connectivity index (χ0v) is 15.5. The second kappa shape index (κ2) is 6.96. The standard InChI is InChI=1S/C17H15Cl2N3O2S/c18-11-1-2-12-13(7-11)25-16(15(12)19)17(23)21-14-3-5-20-22(14)8-10-4-6-24-9-10/h1-3,5,7,10H,4,6,8-9H2,(H,21,23). The topological polar surface area (TPSA) is 56.2 Å². The average Bonchev–Trinajstić information content (AvgIpc) is 3.30. The third-order valence-corrected chi connectivity index (χ3v) is 6.10. The Kier molecular flexibility index (Phi) is 4.69. The SMILES string of the molecule is O=C(Nc1ccnn1CC1CCOC1)c1sc2cc(Cl)ccc2c1Cl. The van der Waals surface area contributed by atoms with Crippen molar-refractivity contribution in [1.82, 2.24) is 9.78 Å². The monoisotopic (exact) mass is 395 g/mol. The molecule has 3 aromatic rings. The van der Waals surface area contributed by atoms with E-state index in [1.165, 1.54) is 11.3 Å². The van der Waals surface area contributed by atoms with Crippen molar-refractivity contribution in [1.29, 1.82) is 0 Å². The van der Waals surface area contributed by atoms with E-state index in [1.54, 1.807) is 23.0 Å². The molecule has 0 radical (unpaired) electrons. The number of nitrogens with one attached hydrogen (secondary N) is 1. The Hall–Kier alpha value is -1.60. The van der Waals surface area contributed by atoms with Gasteiger partial charge in [-0.05, 0) is 18.6 Å². The van der Waals surface area contributed by atoms with E-state index in [9.17, 15) is 4.79 Å². The Bertz CT molecular complexity index is 931. The fraction of sp³-hybridized carbons (Fsp3) is 0.294. The first-order chi connectivity index (χ1) is 12.1. The molecule has 3 heterocycles. The van der Waals surface area contributed by atoms with E-state index in [1.807, 2.05) is 12.1 Å². The minimum atomic E-state index is -0.244. The number of nitrogens with zero attached hydrogens (tertiary/aromatic N) is 2. The van der Waals surface area contributed by atoms with E-state index in [0.717, 1.165) is 36.3 Å². The lowest BCUT2D eigenvalue weighted by Gasteiger charge is -2.11. The van der Waals surface area contributed by atoms with Crippen LogP contribution in [0.4, 0.5) is 5.82 Å². The molecular formula is C17H15Cl2N3O2S. The molecule has 25 heavy (non-hydrogen) atoms.